The molecule has 0 bridgehead atoms. The predicted octanol–water partition coefficient (Wildman–Crippen LogP) is 17.7. The Bertz CT molecular complexity index is 2820. The zero-order chi connectivity index (χ0) is 44.4. The minimum absolute atomic E-state index is 0.0409. The van der Waals surface area contributed by atoms with Crippen molar-refractivity contribution in [1.82, 2.24) is 0 Å². The molecule has 0 aliphatic carbocycles. The van der Waals surface area contributed by atoms with Crippen LogP contribution in [-0.2, 0) is 21.7 Å². The number of furan rings is 1. The highest BCUT2D eigenvalue weighted by Crippen LogP contribution is 2.49. The number of rotatable bonds is 7. The van der Waals surface area contributed by atoms with Crippen LogP contribution in [0.3, 0.4) is 0 Å². The van der Waals surface area contributed by atoms with Gasteiger partial charge < -0.3 is 14.2 Å². The topological polar surface area (TPSA) is 19.6 Å². The molecule has 0 fully saturated rings. The van der Waals surface area contributed by atoms with Gasteiger partial charge in [0.1, 0.15) is 11.8 Å². The summed E-state index contributed by atoms with van der Waals surface area (Å²) in [7, 11) is 0. The molecule has 62 heavy (non-hydrogen) atoms. The Hall–Kier alpha value is -6.06. The molecule has 0 spiro atoms. The molecule has 0 aliphatic rings. The van der Waals surface area contributed by atoms with Gasteiger partial charge in [0.05, 0.1) is 11.4 Å². The Balaban J connectivity index is 1.43. The van der Waals surface area contributed by atoms with Crippen LogP contribution in [0.2, 0.25) is 0 Å². The Kier molecular flexibility index (Phi) is 10.8. The second kappa shape index (κ2) is 15.7. The summed E-state index contributed by atoms with van der Waals surface area (Å²) in [5.74, 6) is 0. The van der Waals surface area contributed by atoms with Crippen molar-refractivity contribution in [1.29, 1.82) is 0 Å². The van der Waals surface area contributed by atoms with E-state index in [1.807, 2.05) is 6.26 Å². The number of anilines is 6. The zero-order valence-corrected chi connectivity index (χ0v) is 39.2. The van der Waals surface area contributed by atoms with E-state index in [4.69, 9.17) is 4.42 Å². The lowest BCUT2D eigenvalue weighted by atomic mass is 9.84. The number of aryl methyl sites for hydroxylation is 1. The van der Waals surface area contributed by atoms with E-state index >= 15 is 0 Å². The zero-order valence-electron chi connectivity index (χ0n) is 39.2. The fraction of sp³-hybridized carbons (Fsp3) is 0.288. The van der Waals surface area contributed by atoms with E-state index in [1.54, 1.807) is 0 Å². The smallest absolute Gasteiger partial charge is 0.136 e. The van der Waals surface area contributed by atoms with Crippen molar-refractivity contribution < 1.29 is 4.42 Å². The molecule has 0 aliphatic heterocycles. The lowest BCUT2D eigenvalue weighted by Gasteiger charge is -2.32. The summed E-state index contributed by atoms with van der Waals surface area (Å²) < 4.78 is 6.51. The van der Waals surface area contributed by atoms with Gasteiger partial charge in [-0.05, 0) is 139 Å². The van der Waals surface area contributed by atoms with Crippen molar-refractivity contribution in [3.05, 3.63) is 180 Å². The summed E-state index contributed by atoms with van der Waals surface area (Å²) in [6.07, 6.45) is 1.96. The molecular formula is C59H64N2O. The largest absolute Gasteiger partial charge is 0.462 e. The highest BCUT2D eigenvalue weighted by atomic mass is 16.3. The second-order valence-electron chi connectivity index (χ2n) is 21.4. The third kappa shape index (κ3) is 8.43. The number of hydrogen-bond acceptors (Lipinski definition) is 3. The van der Waals surface area contributed by atoms with Gasteiger partial charge in [-0.1, -0.05) is 162 Å². The molecule has 0 unspecified atom stereocenters. The summed E-state index contributed by atoms with van der Waals surface area (Å²) >= 11 is 0. The van der Waals surface area contributed by atoms with Crippen LogP contribution in [0.1, 0.15) is 111 Å². The molecule has 0 saturated carbocycles. The highest BCUT2D eigenvalue weighted by Gasteiger charge is 2.27. The maximum atomic E-state index is 6.51. The molecule has 8 rings (SSSR count). The van der Waals surface area contributed by atoms with E-state index in [2.05, 4.69) is 245 Å². The number of hydrogen-bond donors (Lipinski definition) is 0. The van der Waals surface area contributed by atoms with Gasteiger partial charge in [-0.2, -0.15) is 0 Å². The van der Waals surface area contributed by atoms with Gasteiger partial charge in [0.2, 0.25) is 0 Å². The van der Waals surface area contributed by atoms with Gasteiger partial charge >= 0.3 is 0 Å². The van der Waals surface area contributed by atoms with Gasteiger partial charge in [0, 0.05) is 33.7 Å². The summed E-state index contributed by atoms with van der Waals surface area (Å²) in [6, 6.07) is 54.4. The van der Waals surface area contributed by atoms with Crippen LogP contribution in [0.15, 0.2) is 156 Å². The fourth-order valence-electron chi connectivity index (χ4n) is 8.61. The van der Waals surface area contributed by atoms with Crippen LogP contribution in [-0.4, -0.2) is 0 Å². The van der Waals surface area contributed by atoms with E-state index in [0.717, 1.165) is 50.7 Å². The highest BCUT2D eigenvalue weighted by molar-refractivity contribution is 6.04. The SMILES string of the molecule is Cc1cc(N(c2ccc(C(C)(C)C)cc2)c2ccc(C(C)(C)C)cc2)cc(N(c2ccc(C(C)(C)C)cc2-c2cccc3ccccc23)c2coc3ccc(C(C)(C)C)cc23)c1. The first-order valence-corrected chi connectivity index (χ1v) is 22.2. The minimum atomic E-state index is -0.0608. The van der Waals surface area contributed by atoms with E-state index in [0.29, 0.717) is 0 Å². The summed E-state index contributed by atoms with van der Waals surface area (Å²) in [6.45, 7) is 29.6. The minimum Gasteiger partial charge on any atom is -0.462 e. The van der Waals surface area contributed by atoms with E-state index in [1.165, 1.54) is 44.2 Å². The van der Waals surface area contributed by atoms with Gasteiger partial charge in [-0.25, -0.2) is 0 Å². The average Bonchev–Trinajstić information content (AvgIpc) is 3.63. The third-order valence-electron chi connectivity index (χ3n) is 12.4. The molecule has 3 heteroatoms. The molecule has 316 valence electrons. The lowest BCUT2D eigenvalue weighted by Crippen LogP contribution is -2.16. The van der Waals surface area contributed by atoms with Crippen molar-refractivity contribution in [3.8, 4) is 11.1 Å². The molecule has 1 heterocycles. The molecule has 0 N–H and O–H groups in total. The summed E-state index contributed by atoms with van der Waals surface area (Å²) in [5, 5.41) is 3.52. The van der Waals surface area contributed by atoms with E-state index in [-0.39, 0.29) is 21.7 Å². The van der Waals surface area contributed by atoms with Crippen LogP contribution in [0.5, 0.6) is 0 Å². The number of fused-ring (bicyclic) bond motifs is 2. The predicted molar refractivity (Wildman–Crippen MR) is 268 cm³/mol. The van der Waals surface area contributed by atoms with Crippen molar-refractivity contribution in [2.24, 2.45) is 0 Å². The van der Waals surface area contributed by atoms with Gasteiger partial charge in [-0.3, -0.25) is 0 Å². The van der Waals surface area contributed by atoms with E-state index in [9.17, 15) is 0 Å². The van der Waals surface area contributed by atoms with Crippen LogP contribution >= 0.6 is 0 Å². The first-order chi connectivity index (χ1) is 29.2. The van der Waals surface area contributed by atoms with Crippen molar-refractivity contribution >= 4 is 55.9 Å². The lowest BCUT2D eigenvalue weighted by molar-refractivity contribution is 0.589. The van der Waals surface area contributed by atoms with Crippen LogP contribution in [0, 0.1) is 6.92 Å². The fourth-order valence-corrected chi connectivity index (χ4v) is 8.61. The summed E-state index contributed by atoms with van der Waals surface area (Å²) in [4.78, 5) is 4.86. The van der Waals surface area contributed by atoms with E-state index < -0.39 is 0 Å². The van der Waals surface area contributed by atoms with Crippen LogP contribution in [0.25, 0.3) is 32.9 Å². The standard InChI is InChI=1S/C59H64N2O/c1-39-33-47(60(45-27-21-41(22-28-45)56(2,3)4)46-29-23-42(24-30-46)57(5,6)7)37-48(34-39)61(54-38-62-55-32-26-44(36-52(54)55)59(11,12)13)53-31-25-43(58(8,9)10)35-51(53)50-20-16-18-40-17-14-15-19-49(40)50/h14-38H,1-13H3. The molecule has 7 aromatic carbocycles. The van der Waals surface area contributed by atoms with Gasteiger partial charge in [-0.15, -0.1) is 0 Å². The van der Waals surface area contributed by atoms with Crippen LogP contribution in [0.4, 0.5) is 34.1 Å². The second-order valence-corrected chi connectivity index (χ2v) is 21.4. The molecule has 3 nitrogen and oxygen atoms in total. The number of nitrogens with zero attached hydrogens (tertiary/aromatic N) is 2. The molecular weight excluding hydrogens is 753 g/mol. The number of benzene rings is 7. The molecule has 0 saturated heterocycles. The maximum absolute atomic E-state index is 6.51. The average molecular weight is 817 g/mol. The Labute approximate surface area is 371 Å². The maximum Gasteiger partial charge on any atom is 0.136 e. The normalized spacial score (nSPS) is 12.6. The molecule has 1 aromatic heterocycles. The molecule has 8 aromatic rings. The monoisotopic (exact) mass is 817 g/mol. The van der Waals surface area contributed by atoms with Crippen molar-refractivity contribution in [2.45, 2.75) is 112 Å². The summed E-state index contributed by atoms with van der Waals surface area (Å²) in [5.41, 5.74) is 16.0. The van der Waals surface area contributed by atoms with Gasteiger partial charge in [0.15, 0.2) is 0 Å². The van der Waals surface area contributed by atoms with Crippen LogP contribution < -0.4 is 9.80 Å². The molecule has 0 atom stereocenters. The van der Waals surface area contributed by atoms with Crippen molar-refractivity contribution in [3.63, 3.8) is 0 Å². The Morgan fingerprint density at radius 3 is 1.45 bits per heavy atom. The third-order valence-corrected chi connectivity index (χ3v) is 12.4. The first kappa shape index (κ1) is 42.6. The van der Waals surface area contributed by atoms with Gasteiger partial charge in [0.25, 0.3) is 0 Å². The Morgan fingerprint density at radius 2 is 0.871 bits per heavy atom. The Morgan fingerprint density at radius 1 is 0.371 bits per heavy atom. The molecule has 0 amide bonds. The molecule has 0 radical (unpaired) electrons. The quantitative estimate of drug-likeness (QED) is 0.160. The van der Waals surface area contributed by atoms with Crippen molar-refractivity contribution in [2.75, 3.05) is 9.80 Å². The first-order valence-electron chi connectivity index (χ1n) is 22.2.